The number of hydrogen-bond donors (Lipinski definition) is 0. The van der Waals surface area contributed by atoms with Crippen LogP contribution in [-0.2, 0) is 0 Å². The lowest BCUT2D eigenvalue weighted by Gasteiger charge is -1.57. The first-order chi connectivity index (χ1) is 1.73. The summed E-state index contributed by atoms with van der Waals surface area (Å²) >= 11 is -1.72. The summed E-state index contributed by atoms with van der Waals surface area (Å²) in [5.41, 5.74) is 0. The van der Waals surface area contributed by atoms with Crippen LogP contribution in [-0.4, -0.2) is 28.7 Å². The van der Waals surface area contributed by atoms with Crippen molar-refractivity contribution in [1.82, 2.24) is 0 Å². The van der Waals surface area contributed by atoms with E-state index in [-0.39, 0.29) is 17.4 Å². The van der Waals surface area contributed by atoms with Gasteiger partial charge >= 0.3 is 11.4 Å². The molecule has 0 aliphatic rings. The number of halogens is 3. The van der Waals surface area contributed by atoms with E-state index in [4.69, 9.17) is 30.1 Å². The van der Waals surface area contributed by atoms with Crippen LogP contribution in [0.3, 0.4) is 0 Å². The molecule has 0 fully saturated rings. The zero-order valence-electron chi connectivity index (χ0n) is 1.71. The topological polar surface area (TPSA) is 0 Å². The van der Waals surface area contributed by atoms with Crippen LogP contribution < -0.4 is 0 Å². The molecule has 5 heteroatoms. The summed E-state index contributed by atoms with van der Waals surface area (Å²) < 4.78 is 0. The lowest BCUT2D eigenvalue weighted by molar-refractivity contribution is 4.07. The fourth-order valence-corrected chi connectivity index (χ4v) is 0. The molecule has 0 nitrogen and oxygen atoms in total. The second kappa shape index (κ2) is 5.93. The molecule has 0 aromatic carbocycles. The van der Waals surface area contributed by atoms with Crippen molar-refractivity contribution >= 4 is 58.9 Å². The van der Waals surface area contributed by atoms with Gasteiger partial charge in [-0.2, -0.15) is 0 Å². The summed E-state index contributed by atoms with van der Waals surface area (Å²) in [5, 5.41) is 0. The third kappa shape index (κ3) is 24.5. The number of rotatable bonds is 0. The molecule has 0 amide bonds. The molecule has 0 N–H and O–H groups in total. The maximum Gasteiger partial charge on any atom is 0.643 e. The largest absolute Gasteiger partial charge is 0.643 e. The summed E-state index contributed by atoms with van der Waals surface area (Å²) in [6, 6.07) is 0. The Morgan fingerprint density at radius 1 is 1.00 bits per heavy atom. The Labute approximate surface area is 58.5 Å². The minimum absolute atomic E-state index is 0. The molecule has 0 rings (SSSR count). The normalized spacial score (nSPS) is 5.40. The predicted octanol–water partition coefficient (Wildman–Crippen LogP) is 0.504. The zero-order chi connectivity index (χ0) is 3.58. The highest BCUT2D eigenvalue weighted by Crippen LogP contribution is 1.97. The van der Waals surface area contributed by atoms with Crippen LogP contribution in [0.15, 0.2) is 0 Å². The predicted molar refractivity (Wildman–Crippen MR) is 33.3 cm³/mol. The minimum Gasteiger partial charge on any atom is -0.214 e. The van der Waals surface area contributed by atoms with Gasteiger partial charge in [0.05, 0.1) is 0 Å². The van der Waals surface area contributed by atoms with Crippen molar-refractivity contribution < 1.29 is 0 Å². The van der Waals surface area contributed by atoms with Crippen LogP contribution in [0, 0.1) is 0 Å². The van der Waals surface area contributed by atoms with Crippen LogP contribution in [0.4, 0.5) is 0 Å². The molecule has 0 heterocycles. The van der Waals surface area contributed by atoms with Crippen molar-refractivity contribution in [2.45, 2.75) is 0 Å². The molecule has 0 unspecified atom stereocenters. The van der Waals surface area contributed by atoms with Crippen LogP contribution >= 0.6 is 30.1 Å². The molecule has 0 radical (unpaired) electrons. The van der Waals surface area contributed by atoms with Crippen molar-refractivity contribution in [3.05, 3.63) is 0 Å². The molecular formula is H3Al2Cl3. The van der Waals surface area contributed by atoms with Crippen LogP contribution in [0.2, 0.25) is 0 Å². The van der Waals surface area contributed by atoms with Gasteiger partial charge in [0.15, 0.2) is 17.4 Å². The van der Waals surface area contributed by atoms with E-state index in [9.17, 15) is 0 Å². The first-order valence-electron chi connectivity index (χ1n) is 0.655. The van der Waals surface area contributed by atoms with E-state index in [0.29, 0.717) is 0 Å². The summed E-state index contributed by atoms with van der Waals surface area (Å²) in [4.78, 5) is 0. The Balaban J connectivity index is 0. The van der Waals surface area contributed by atoms with E-state index in [0.717, 1.165) is 0 Å². The summed E-state index contributed by atoms with van der Waals surface area (Å²) in [5.74, 6) is 0. The molecule has 0 aliphatic heterocycles. The maximum absolute atomic E-state index is 4.94. The van der Waals surface area contributed by atoms with Gasteiger partial charge in [-0.15, -0.1) is 0 Å². The molecule has 0 aromatic rings. The average molecular weight is 163 g/mol. The van der Waals surface area contributed by atoms with Crippen molar-refractivity contribution in [2.75, 3.05) is 0 Å². The highest BCUT2D eigenvalue weighted by Gasteiger charge is 2.00. The first kappa shape index (κ1) is 10.0. The molecule has 5 heavy (non-hydrogen) atoms. The summed E-state index contributed by atoms with van der Waals surface area (Å²) in [6.45, 7) is 0. The Bertz CT molecular complexity index is 9.61. The van der Waals surface area contributed by atoms with Crippen molar-refractivity contribution in [3.8, 4) is 0 Å². The van der Waals surface area contributed by atoms with E-state index < -0.39 is 11.4 Å². The van der Waals surface area contributed by atoms with Crippen molar-refractivity contribution in [3.63, 3.8) is 0 Å². The summed E-state index contributed by atoms with van der Waals surface area (Å²) in [7, 11) is 14.8. The zero-order valence-corrected chi connectivity index (χ0v) is 5.13. The fraction of sp³-hybridized carbons (Fsp3) is 0. The average Bonchev–Trinajstić information content (AvgIpc) is 0.811. The molecule has 0 bridgehead atoms. The van der Waals surface area contributed by atoms with Crippen LogP contribution in [0.25, 0.3) is 0 Å². The van der Waals surface area contributed by atoms with Crippen molar-refractivity contribution in [1.29, 1.82) is 0 Å². The van der Waals surface area contributed by atoms with Crippen LogP contribution in [0.5, 0.6) is 0 Å². The lowest BCUT2D eigenvalue weighted by Crippen LogP contribution is -1.66. The minimum atomic E-state index is -1.72. The molecule has 0 saturated carbocycles. The van der Waals surface area contributed by atoms with Gasteiger partial charge in [0.1, 0.15) is 0 Å². The standard InChI is InChI=1S/2Al.3ClH.3H/h;;3*1H;;;/q;+3;;;;;;/p-3. The monoisotopic (exact) mass is 162 g/mol. The third-order valence-corrected chi connectivity index (χ3v) is 0. The van der Waals surface area contributed by atoms with Crippen LogP contribution in [0.1, 0.15) is 0 Å². The van der Waals surface area contributed by atoms with Gasteiger partial charge in [-0.3, -0.25) is 0 Å². The molecule has 0 atom stereocenters. The van der Waals surface area contributed by atoms with Gasteiger partial charge in [0.25, 0.3) is 0 Å². The van der Waals surface area contributed by atoms with Gasteiger partial charge in [-0.1, -0.05) is 0 Å². The lowest BCUT2D eigenvalue weighted by atomic mass is 26.6. The molecule has 0 aromatic heterocycles. The Hall–Kier alpha value is 1.93. The van der Waals surface area contributed by atoms with E-state index in [1.165, 1.54) is 0 Å². The van der Waals surface area contributed by atoms with E-state index in [2.05, 4.69) is 0 Å². The SMILES string of the molecule is [AlH3].[Cl][Al]([Cl])[Cl]. The quantitative estimate of drug-likeness (QED) is 0.456. The summed E-state index contributed by atoms with van der Waals surface area (Å²) in [6.07, 6.45) is 0. The fourth-order valence-electron chi connectivity index (χ4n) is 0. The maximum atomic E-state index is 4.94. The Kier molecular flexibility index (Phi) is 11.9. The van der Waals surface area contributed by atoms with Crippen molar-refractivity contribution in [2.24, 2.45) is 0 Å². The second-order valence-electron chi connectivity index (χ2n) is 0.247. The first-order valence-corrected chi connectivity index (χ1v) is 5.89. The van der Waals surface area contributed by atoms with Gasteiger partial charge in [-0.05, 0) is 0 Å². The van der Waals surface area contributed by atoms with E-state index in [1.54, 1.807) is 0 Å². The molecular weight excluding hydrogens is 160 g/mol. The van der Waals surface area contributed by atoms with E-state index >= 15 is 0 Å². The molecule has 30 valence electrons. The second-order valence-corrected chi connectivity index (χ2v) is 6.68. The molecule has 0 aliphatic carbocycles. The van der Waals surface area contributed by atoms with Gasteiger partial charge in [-0.25, -0.2) is 30.1 Å². The highest BCUT2D eigenvalue weighted by molar-refractivity contribution is 7.54. The Morgan fingerprint density at radius 2 is 1.00 bits per heavy atom. The number of hydrogen-bond acceptors (Lipinski definition) is 0. The van der Waals surface area contributed by atoms with Gasteiger partial charge < -0.3 is 0 Å². The Morgan fingerprint density at radius 3 is 1.00 bits per heavy atom. The third-order valence-electron chi connectivity index (χ3n) is 0. The van der Waals surface area contributed by atoms with Gasteiger partial charge in [0.2, 0.25) is 0 Å². The molecule has 0 saturated heterocycles. The van der Waals surface area contributed by atoms with Gasteiger partial charge in [0, 0.05) is 0 Å². The highest BCUT2D eigenvalue weighted by atomic mass is 35.8. The smallest absolute Gasteiger partial charge is 0.214 e. The van der Waals surface area contributed by atoms with E-state index in [1.807, 2.05) is 0 Å². The molecule has 0 spiro atoms.